The monoisotopic (exact) mass is 299 g/mol. The quantitative estimate of drug-likeness (QED) is 0.902. The maximum atomic E-state index is 6.03. The summed E-state index contributed by atoms with van der Waals surface area (Å²) in [6.45, 7) is 5.96. The average molecular weight is 299 g/mol. The van der Waals surface area contributed by atoms with Crippen molar-refractivity contribution >= 4 is 0 Å². The number of hydrogen-bond donors (Lipinski definition) is 1. The summed E-state index contributed by atoms with van der Waals surface area (Å²) in [5.41, 5.74) is 8.62. The zero-order valence-electron chi connectivity index (χ0n) is 13.2. The molecule has 1 aromatic carbocycles. The molecule has 2 N–H and O–H groups in total. The molecule has 0 spiro atoms. The van der Waals surface area contributed by atoms with Crippen LogP contribution in [0.2, 0.25) is 0 Å². The second-order valence-electron chi connectivity index (χ2n) is 5.98. The lowest BCUT2D eigenvalue weighted by molar-refractivity contribution is 0.0916. The van der Waals surface area contributed by atoms with Gasteiger partial charge in [0.1, 0.15) is 0 Å². The zero-order chi connectivity index (χ0) is 15.4. The Hall–Kier alpha value is -1.69. The van der Waals surface area contributed by atoms with Gasteiger partial charge in [-0.05, 0) is 5.56 Å². The van der Waals surface area contributed by atoms with Crippen LogP contribution in [0.3, 0.4) is 0 Å². The van der Waals surface area contributed by atoms with E-state index >= 15 is 0 Å². The van der Waals surface area contributed by atoms with Crippen LogP contribution in [0.1, 0.15) is 17.3 Å². The SMILES string of the molecule is Cn1cncc1C(CN)N1CCN(Cc2ccccc2)CC1. The topological polar surface area (TPSA) is 50.3 Å². The standard InChI is InChI=1S/C17H25N5/c1-20-14-19-12-17(20)16(11-18)22-9-7-21(8-10-22)13-15-5-3-2-4-6-15/h2-6,12,14,16H,7-11,13,18H2,1H3. The lowest BCUT2D eigenvalue weighted by Crippen LogP contribution is -2.48. The fraction of sp³-hybridized carbons (Fsp3) is 0.471. The number of piperazine rings is 1. The molecule has 0 radical (unpaired) electrons. The zero-order valence-corrected chi connectivity index (χ0v) is 13.2. The van der Waals surface area contributed by atoms with Crippen molar-refractivity contribution in [2.45, 2.75) is 12.6 Å². The summed E-state index contributed by atoms with van der Waals surface area (Å²) in [5.74, 6) is 0. The van der Waals surface area contributed by atoms with E-state index in [1.807, 2.05) is 19.6 Å². The molecule has 2 heterocycles. The molecule has 5 nitrogen and oxygen atoms in total. The van der Waals surface area contributed by atoms with Gasteiger partial charge in [-0.15, -0.1) is 0 Å². The first-order valence-corrected chi connectivity index (χ1v) is 7.94. The van der Waals surface area contributed by atoms with Gasteiger partial charge in [0.25, 0.3) is 0 Å². The van der Waals surface area contributed by atoms with E-state index in [1.165, 1.54) is 11.3 Å². The van der Waals surface area contributed by atoms with Crippen molar-refractivity contribution in [3.63, 3.8) is 0 Å². The van der Waals surface area contributed by atoms with E-state index in [0.717, 1.165) is 32.7 Å². The number of aromatic nitrogens is 2. The third-order valence-corrected chi connectivity index (χ3v) is 4.52. The molecule has 1 aliphatic rings. The van der Waals surface area contributed by atoms with Crippen molar-refractivity contribution in [1.82, 2.24) is 19.4 Å². The van der Waals surface area contributed by atoms with Crippen molar-refractivity contribution in [2.24, 2.45) is 12.8 Å². The highest BCUT2D eigenvalue weighted by molar-refractivity contribution is 5.14. The van der Waals surface area contributed by atoms with Gasteiger partial charge in [-0.2, -0.15) is 0 Å². The fourth-order valence-electron chi connectivity index (χ4n) is 3.22. The number of nitrogens with zero attached hydrogens (tertiary/aromatic N) is 4. The molecule has 3 rings (SSSR count). The summed E-state index contributed by atoms with van der Waals surface area (Å²) in [4.78, 5) is 9.23. The van der Waals surface area contributed by atoms with Gasteiger partial charge in [-0.3, -0.25) is 9.80 Å². The van der Waals surface area contributed by atoms with Crippen LogP contribution >= 0.6 is 0 Å². The second-order valence-corrected chi connectivity index (χ2v) is 5.98. The Morgan fingerprint density at radius 1 is 1.14 bits per heavy atom. The summed E-state index contributed by atoms with van der Waals surface area (Å²) in [5, 5.41) is 0. The predicted molar refractivity (Wildman–Crippen MR) is 88.3 cm³/mol. The summed E-state index contributed by atoms with van der Waals surface area (Å²) in [7, 11) is 2.04. The van der Waals surface area contributed by atoms with Crippen LogP contribution in [0.25, 0.3) is 0 Å². The van der Waals surface area contributed by atoms with Crippen LogP contribution in [0.5, 0.6) is 0 Å². The van der Waals surface area contributed by atoms with Gasteiger partial charge in [0.2, 0.25) is 0 Å². The van der Waals surface area contributed by atoms with Crippen LogP contribution in [-0.2, 0) is 13.6 Å². The number of imidazole rings is 1. The van der Waals surface area contributed by atoms with E-state index < -0.39 is 0 Å². The minimum absolute atomic E-state index is 0.270. The maximum absolute atomic E-state index is 6.03. The maximum Gasteiger partial charge on any atom is 0.0946 e. The van der Waals surface area contributed by atoms with E-state index in [0.29, 0.717) is 6.54 Å². The first kappa shape index (κ1) is 15.2. The first-order chi connectivity index (χ1) is 10.8. The minimum atomic E-state index is 0.270. The Labute approximate surface area is 132 Å². The van der Waals surface area contributed by atoms with Gasteiger partial charge in [0.15, 0.2) is 0 Å². The average Bonchev–Trinajstić information content (AvgIpc) is 2.97. The van der Waals surface area contributed by atoms with Gasteiger partial charge in [-0.1, -0.05) is 30.3 Å². The van der Waals surface area contributed by atoms with Crippen molar-refractivity contribution < 1.29 is 0 Å². The molecule has 22 heavy (non-hydrogen) atoms. The van der Waals surface area contributed by atoms with Crippen LogP contribution in [0.15, 0.2) is 42.9 Å². The normalized spacial score (nSPS) is 18.5. The highest BCUT2D eigenvalue weighted by Crippen LogP contribution is 2.21. The fourth-order valence-corrected chi connectivity index (χ4v) is 3.22. The predicted octanol–water partition coefficient (Wildman–Crippen LogP) is 1.24. The molecular weight excluding hydrogens is 274 g/mol. The molecule has 0 bridgehead atoms. The van der Waals surface area contributed by atoms with Crippen molar-refractivity contribution in [3.05, 3.63) is 54.1 Å². The molecule has 1 fully saturated rings. The van der Waals surface area contributed by atoms with E-state index in [4.69, 9.17) is 5.73 Å². The lowest BCUT2D eigenvalue weighted by atomic mass is 10.1. The summed E-state index contributed by atoms with van der Waals surface area (Å²) in [6.07, 6.45) is 3.79. The third kappa shape index (κ3) is 3.38. The molecule has 1 unspecified atom stereocenters. The van der Waals surface area contributed by atoms with Crippen molar-refractivity contribution in [1.29, 1.82) is 0 Å². The molecule has 118 valence electrons. The lowest BCUT2D eigenvalue weighted by Gasteiger charge is -2.39. The highest BCUT2D eigenvalue weighted by Gasteiger charge is 2.25. The van der Waals surface area contributed by atoms with E-state index in [1.54, 1.807) is 0 Å². The number of hydrogen-bond acceptors (Lipinski definition) is 4. The van der Waals surface area contributed by atoms with E-state index in [2.05, 4.69) is 49.7 Å². The van der Waals surface area contributed by atoms with Crippen LogP contribution < -0.4 is 5.73 Å². The Morgan fingerprint density at radius 3 is 2.45 bits per heavy atom. The Balaban J connectivity index is 1.58. The minimum Gasteiger partial charge on any atom is -0.336 e. The van der Waals surface area contributed by atoms with Gasteiger partial charge in [-0.25, -0.2) is 4.98 Å². The molecular formula is C17H25N5. The van der Waals surface area contributed by atoms with Gasteiger partial charge in [0.05, 0.1) is 18.1 Å². The van der Waals surface area contributed by atoms with Gasteiger partial charge < -0.3 is 10.3 Å². The Kier molecular flexibility index (Phi) is 4.87. The molecule has 5 heteroatoms. The highest BCUT2D eigenvalue weighted by atomic mass is 15.3. The molecule has 1 aliphatic heterocycles. The van der Waals surface area contributed by atoms with Crippen molar-refractivity contribution in [3.8, 4) is 0 Å². The van der Waals surface area contributed by atoms with Crippen LogP contribution in [-0.4, -0.2) is 52.1 Å². The number of benzene rings is 1. The molecule has 2 aromatic rings. The number of nitrogens with two attached hydrogens (primary N) is 1. The molecule has 1 aromatic heterocycles. The molecule has 1 saturated heterocycles. The Morgan fingerprint density at radius 2 is 1.86 bits per heavy atom. The second kappa shape index (κ2) is 7.05. The van der Waals surface area contributed by atoms with Crippen molar-refractivity contribution in [2.75, 3.05) is 32.7 Å². The van der Waals surface area contributed by atoms with Gasteiger partial charge >= 0.3 is 0 Å². The molecule has 0 amide bonds. The Bertz CT molecular complexity index is 572. The summed E-state index contributed by atoms with van der Waals surface area (Å²) in [6, 6.07) is 11.0. The summed E-state index contributed by atoms with van der Waals surface area (Å²) < 4.78 is 2.08. The van der Waals surface area contributed by atoms with E-state index in [9.17, 15) is 0 Å². The van der Waals surface area contributed by atoms with E-state index in [-0.39, 0.29) is 6.04 Å². The largest absolute Gasteiger partial charge is 0.336 e. The first-order valence-electron chi connectivity index (χ1n) is 7.94. The summed E-state index contributed by atoms with van der Waals surface area (Å²) >= 11 is 0. The number of rotatable bonds is 5. The third-order valence-electron chi connectivity index (χ3n) is 4.52. The molecule has 0 saturated carbocycles. The molecule has 1 atom stereocenters. The van der Waals surface area contributed by atoms with Crippen LogP contribution in [0, 0.1) is 0 Å². The van der Waals surface area contributed by atoms with Crippen LogP contribution in [0.4, 0.5) is 0 Å². The molecule has 0 aliphatic carbocycles. The van der Waals surface area contributed by atoms with Gasteiger partial charge in [0, 0.05) is 52.5 Å². The number of aryl methyl sites for hydroxylation is 1. The smallest absolute Gasteiger partial charge is 0.0946 e.